The summed E-state index contributed by atoms with van der Waals surface area (Å²) in [5.41, 5.74) is 2.13. The second-order valence-corrected chi connectivity index (χ2v) is 5.18. The average molecular weight is 263 g/mol. The van der Waals surface area contributed by atoms with Gasteiger partial charge in [0.15, 0.2) is 0 Å². The first kappa shape index (κ1) is 13.9. The molecule has 1 aromatic carbocycles. The van der Waals surface area contributed by atoms with Crippen molar-refractivity contribution in [3.8, 4) is 0 Å². The number of aliphatic hydroxyl groups excluding tert-OH is 1. The molecule has 19 heavy (non-hydrogen) atoms. The van der Waals surface area contributed by atoms with Gasteiger partial charge in [-0.2, -0.15) is 0 Å². The number of carboxylic acids is 1. The normalized spacial score (nSPS) is 20.1. The Morgan fingerprint density at radius 3 is 2.79 bits per heavy atom. The van der Waals surface area contributed by atoms with Gasteiger partial charge >= 0.3 is 5.97 Å². The van der Waals surface area contributed by atoms with Crippen LogP contribution in [0.2, 0.25) is 0 Å². The van der Waals surface area contributed by atoms with Crippen LogP contribution in [0.1, 0.15) is 41.6 Å². The summed E-state index contributed by atoms with van der Waals surface area (Å²) in [5, 5.41) is 18.6. The fourth-order valence-electron chi connectivity index (χ4n) is 2.77. The monoisotopic (exact) mass is 263 g/mol. The second-order valence-electron chi connectivity index (χ2n) is 5.18. The zero-order valence-corrected chi connectivity index (χ0v) is 11.3. The third kappa shape index (κ3) is 3.07. The predicted molar refractivity (Wildman–Crippen MR) is 74.8 cm³/mol. The summed E-state index contributed by atoms with van der Waals surface area (Å²) in [6.07, 6.45) is 4.46. The Morgan fingerprint density at radius 1 is 1.37 bits per heavy atom. The molecule has 0 aromatic heterocycles. The average Bonchev–Trinajstić information content (AvgIpc) is 2.63. The predicted octanol–water partition coefficient (Wildman–Crippen LogP) is 2.43. The number of benzene rings is 1. The summed E-state index contributed by atoms with van der Waals surface area (Å²) >= 11 is 0. The number of aliphatic hydroxyl groups is 1. The maximum atomic E-state index is 11.0. The lowest BCUT2D eigenvalue weighted by atomic mass is 10.1. The van der Waals surface area contributed by atoms with Crippen molar-refractivity contribution < 1.29 is 15.0 Å². The van der Waals surface area contributed by atoms with E-state index in [0.717, 1.165) is 37.1 Å². The quantitative estimate of drug-likeness (QED) is 0.879. The number of carbonyl (C=O) groups is 1. The molecule has 4 nitrogen and oxygen atoms in total. The van der Waals surface area contributed by atoms with Crippen LogP contribution < -0.4 is 4.90 Å². The largest absolute Gasteiger partial charge is 0.478 e. The maximum Gasteiger partial charge on any atom is 0.335 e. The van der Waals surface area contributed by atoms with E-state index in [2.05, 4.69) is 4.90 Å². The molecule has 1 aliphatic rings. The first-order valence-corrected chi connectivity index (χ1v) is 6.85. The Morgan fingerprint density at radius 2 is 2.16 bits per heavy atom. The van der Waals surface area contributed by atoms with Gasteiger partial charge in [0.2, 0.25) is 0 Å². The van der Waals surface area contributed by atoms with Gasteiger partial charge in [0.1, 0.15) is 0 Å². The van der Waals surface area contributed by atoms with E-state index in [1.165, 1.54) is 6.42 Å². The number of carboxylic acid groups (broad SMARTS) is 1. The number of aromatic carboxylic acids is 1. The summed E-state index contributed by atoms with van der Waals surface area (Å²) in [4.78, 5) is 13.2. The van der Waals surface area contributed by atoms with Gasteiger partial charge in [0.25, 0.3) is 0 Å². The standard InChI is InChI=1S/C15H21NO3/c1-11-9-12(6-7-14(11)15(18)19)16-8-4-2-3-5-13(16)10-17/h6-7,9,13,17H,2-5,8,10H2,1H3,(H,18,19). The summed E-state index contributed by atoms with van der Waals surface area (Å²) in [6.45, 7) is 2.90. The number of anilines is 1. The lowest BCUT2D eigenvalue weighted by Gasteiger charge is -2.31. The van der Waals surface area contributed by atoms with E-state index in [0.29, 0.717) is 5.56 Å². The van der Waals surface area contributed by atoms with Gasteiger partial charge in [-0.05, 0) is 43.5 Å². The fourth-order valence-corrected chi connectivity index (χ4v) is 2.77. The highest BCUT2D eigenvalue weighted by Gasteiger charge is 2.21. The minimum Gasteiger partial charge on any atom is -0.478 e. The molecule has 1 saturated heterocycles. The summed E-state index contributed by atoms with van der Waals surface area (Å²) < 4.78 is 0. The van der Waals surface area contributed by atoms with Gasteiger partial charge in [0.05, 0.1) is 18.2 Å². The van der Waals surface area contributed by atoms with Gasteiger partial charge in [-0.25, -0.2) is 4.79 Å². The van der Waals surface area contributed by atoms with E-state index in [1.54, 1.807) is 6.07 Å². The van der Waals surface area contributed by atoms with Gasteiger partial charge < -0.3 is 15.1 Å². The molecule has 0 bridgehead atoms. The van der Waals surface area contributed by atoms with E-state index < -0.39 is 5.97 Å². The number of hydrogen-bond acceptors (Lipinski definition) is 3. The molecule has 0 aliphatic carbocycles. The van der Waals surface area contributed by atoms with Gasteiger partial charge in [0, 0.05) is 12.2 Å². The van der Waals surface area contributed by atoms with Crippen molar-refractivity contribution in [3.63, 3.8) is 0 Å². The molecule has 0 spiro atoms. The summed E-state index contributed by atoms with van der Waals surface area (Å²) in [5.74, 6) is -0.890. The van der Waals surface area contributed by atoms with Crippen molar-refractivity contribution >= 4 is 11.7 Å². The van der Waals surface area contributed by atoms with Crippen LogP contribution in [0.25, 0.3) is 0 Å². The number of aryl methyl sites for hydroxylation is 1. The summed E-state index contributed by atoms with van der Waals surface area (Å²) in [6, 6.07) is 5.58. The van der Waals surface area contributed by atoms with Gasteiger partial charge in [-0.1, -0.05) is 12.8 Å². The second kappa shape index (κ2) is 6.06. The van der Waals surface area contributed by atoms with E-state index in [1.807, 2.05) is 19.1 Å². The van der Waals surface area contributed by atoms with Gasteiger partial charge in [-0.3, -0.25) is 0 Å². The van der Waals surface area contributed by atoms with Crippen LogP contribution in [-0.4, -0.2) is 35.4 Å². The Labute approximate surface area is 113 Å². The van der Waals surface area contributed by atoms with Crippen LogP contribution in [0.4, 0.5) is 5.69 Å². The van der Waals surface area contributed by atoms with E-state index in [-0.39, 0.29) is 12.6 Å². The van der Waals surface area contributed by atoms with Crippen LogP contribution >= 0.6 is 0 Å². The minimum absolute atomic E-state index is 0.151. The molecule has 2 N–H and O–H groups in total. The minimum atomic E-state index is -0.890. The third-order valence-electron chi connectivity index (χ3n) is 3.86. The Balaban J connectivity index is 2.28. The number of rotatable bonds is 3. The molecule has 1 fully saturated rings. The molecule has 104 valence electrons. The fraction of sp³-hybridized carbons (Fsp3) is 0.533. The first-order chi connectivity index (χ1) is 9.13. The van der Waals surface area contributed by atoms with Crippen LogP contribution in [0.3, 0.4) is 0 Å². The Hall–Kier alpha value is -1.55. The topological polar surface area (TPSA) is 60.8 Å². The lowest BCUT2D eigenvalue weighted by molar-refractivity contribution is 0.0696. The van der Waals surface area contributed by atoms with Crippen molar-refractivity contribution in [1.29, 1.82) is 0 Å². The molecule has 2 rings (SSSR count). The molecule has 1 atom stereocenters. The molecular weight excluding hydrogens is 242 g/mol. The molecular formula is C15H21NO3. The Bertz CT molecular complexity index is 459. The van der Waals surface area contributed by atoms with Crippen LogP contribution in [0, 0.1) is 6.92 Å². The molecule has 0 saturated carbocycles. The van der Waals surface area contributed by atoms with Crippen molar-refractivity contribution in [2.24, 2.45) is 0 Å². The van der Waals surface area contributed by atoms with Crippen molar-refractivity contribution in [1.82, 2.24) is 0 Å². The van der Waals surface area contributed by atoms with E-state index >= 15 is 0 Å². The van der Waals surface area contributed by atoms with Crippen molar-refractivity contribution in [2.45, 2.75) is 38.6 Å². The Kier molecular flexibility index (Phi) is 4.43. The lowest BCUT2D eigenvalue weighted by Crippen LogP contribution is -2.37. The SMILES string of the molecule is Cc1cc(N2CCCCCC2CO)ccc1C(=O)O. The molecule has 0 amide bonds. The van der Waals surface area contributed by atoms with Crippen LogP contribution in [0.15, 0.2) is 18.2 Å². The highest BCUT2D eigenvalue weighted by Crippen LogP contribution is 2.26. The molecule has 1 unspecified atom stereocenters. The number of hydrogen-bond donors (Lipinski definition) is 2. The smallest absolute Gasteiger partial charge is 0.335 e. The third-order valence-corrected chi connectivity index (χ3v) is 3.86. The van der Waals surface area contributed by atoms with Crippen molar-refractivity contribution in [2.75, 3.05) is 18.1 Å². The molecule has 1 aliphatic heterocycles. The number of nitrogens with zero attached hydrogens (tertiary/aromatic N) is 1. The highest BCUT2D eigenvalue weighted by atomic mass is 16.4. The van der Waals surface area contributed by atoms with Crippen LogP contribution in [-0.2, 0) is 0 Å². The first-order valence-electron chi connectivity index (χ1n) is 6.85. The zero-order chi connectivity index (χ0) is 13.8. The van der Waals surface area contributed by atoms with E-state index in [9.17, 15) is 9.90 Å². The van der Waals surface area contributed by atoms with E-state index in [4.69, 9.17) is 5.11 Å². The highest BCUT2D eigenvalue weighted by molar-refractivity contribution is 5.89. The van der Waals surface area contributed by atoms with Gasteiger partial charge in [-0.15, -0.1) is 0 Å². The molecule has 4 heteroatoms. The molecule has 1 heterocycles. The van der Waals surface area contributed by atoms with Crippen molar-refractivity contribution in [3.05, 3.63) is 29.3 Å². The molecule has 0 radical (unpaired) electrons. The van der Waals surface area contributed by atoms with Crippen LogP contribution in [0.5, 0.6) is 0 Å². The zero-order valence-electron chi connectivity index (χ0n) is 11.3. The maximum absolute atomic E-state index is 11.0. The summed E-state index contributed by atoms with van der Waals surface area (Å²) in [7, 11) is 0. The molecule has 1 aromatic rings.